The lowest BCUT2D eigenvalue weighted by Gasteiger charge is -2.17. The van der Waals surface area contributed by atoms with Gasteiger partial charge in [0.25, 0.3) is 0 Å². The van der Waals surface area contributed by atoms with Crippen LogP contribution in [0.25, 0.3) is 11.0 Å². The summed E-state index contributed by atoms with van der Waals surface area (Å²) in [6, 6.07) is 7.16. The molecule has 92 valence electrons. The first kappa shape index (κ1) is 12.4. The zero-order valence-corrected chi connectivity index (χ0v) is 10.6. The monoisotopic (exact) mass is 254 g/mol. The van der Waals surface area contributed by atoms with Crippen LogP contribution in [0.15, 0.2) is 28.7 Å². The molecule has 17 heavy (non-hydrogen) atoms. The van der Waals surface area contributed by atoms with Crippen LogP contribution in [0.1, 0.15) is 25.2 Å². The maximum absolute atomic E-state index is 10.1. The largest absolute Gasteiger partial charge is 0.458 e. The van der Waals surface area contributed by atoms with E-state index in [9.17, 15) is 5.11 Å². The van der Waals surface area contributed by atoms with Crippen molar-refractivity contribution in [3.8, 4) is 0 Å². The van der Waals surface area contributed by atoms with Crippen molar-refractivity contribution in [3.05, 3.63) is 35.0 Å². The van der Waals surface area contributed by atoms with Crippen molar-refractivity contribution in [2.75, 3.05) is 7.11 Å². The van der Waals surface area contributed by atoms with Crippen molar-refractivity contribution in [1.29, 1.82) is 0 Å². The van der Waals surface area contributed by atoms with Gasteiger partial charge in [-0.15, -0.1) is 0 Å². The van der Waals surface area contributed by atoms with Crippen LogP contribution in [0.3, 0.4) is 0 Å². The van der Waals surface area contributed by atoms with Crippen LogP contribution in [0.2, 0.25) is 5.02 Å². The Morgan fingerprint density at radius 2 is 2.18 bits per heavy atom. The number of aliphatic hydroxyl groups excluding tert-OH is 1. The summed E-state index contributed by atoms with van der Waals surface area (Å²) in [5, 5.41) is 11.6. The van der Waals surface area contributed by atoms with Crippen molar-refractivity contribution in [2.24, 2.45) is 0 Å². The van der Waals surface area contributed by atoms with Crippen LogP contribution >= 0.6 is 11.6 Å². The number of hydrogen-bond donors (Lipinski definition) is 1. The first-order chi connectivity index (χ1) is 8.15. The van der Waals surface area contributed by atoms with E-state index in [0.717, 1.165) is 17.4 Å². The zero-order valence-electron chi connectivity index (χ0n) is 9.81. The van der Waals surface area contributed by atoms with Crippen molar-refractivity contribution in [2.45, 2.75) is 25.6 Å². The van der Waals surface area contributed by atoms with E-state index in [1.165, 1.54) is 0 Å². The SMILES string of the molecule is CCC(OC)C(O)c1cc2cc(Cl)ccc2o1. The van der Waals surface area contributed by atoms with Gasteiger partial charge in [-0.05, 0) is 30.7 Å². The van der Waals surface area contributed by atoms with Gasteiger partial charge in [0, 0.05) is 17.5 Å². The van der Waals surface area contributed by atoms with Crippen molar-refractivity contribution in [3.63, 3.8) is 0 Å². The molecule has 1 aromatic carbocycles. The molecular formula is C13H15ClO3. The Hall–Kier alpha value is -1.03. The number of rotatable bonds is 4. The molecule has 2 rings (SSSR count). The molecular weight excluding hydrogens is 240 g/mol. The summed E-state index contributed by atoms with van der Waals surface area (Å²) in [6.45, 7) is 1.96. The zero-order chi connectivity index (χ0) is 12.4. The normalized spacial score (nSPS) is 15.1. The number of ether oxygens (including phenoxy) is 1. The molecule has 2 atom stereocenters. The molecule has 1 N–H and O–H groups in total. The summed E-state index contributed by atoms with van der Waals surface area (Å²) in [5.41, 5.74) is 0.717. The van der Waals surface area contributed by atoms with Crippen LogP contribution in [0, 0.1) is 0 Å². The third-order valence-electron chi connectivity index (χ3n) is 2.85. The first-order valence-corrected chi connectivity index (χ1v) is 5.93. The third kappa shape index (κ3) is 2.46. The molecule has 0 radical (unpaired) electrons. The highest BCUT2D eigenvalue weighted by molar-refractivity contribution is 6.31. The predicted octanol–water partition coefficient (Wildman–Crippen LogP) is 3.54. The van der Waals surface area contributed by atoms with E-state index < -0.39 is 6.10 Å². The molecule has 0 spiro atoms. The second-order valence-electron chi connectivity index (χ2n) is 3.96. The molecule has 0 aliphatic rings. The van der Waals surface area contributed by atoms with Gasteiger partial charge in [-0.25, -0.2) is 0 Å². The smallest absolute Gasteiger partial charge is 0.138 e. The van der Waals surface area contributed by atoms with Crippen molar-refractivity contribution < 1.29 is 14.3 Å². The van der Waals surface area contributed by atoms with E-state index in [4.69, 9.17) is 20.8 Å². The number of hydrogen-bond acceptors (Lipinski definition) is 3. The summed E-state index contributed by atoms with van der Waals surface area (Å²) >= 11 is 5.90. The lowest BCUT2D eigenvalue weighted by molar-refractivity contribution is -0.0242. The van der Waals surface area contributed by atoms with Gasteiger partial charge in [-0.3, -0.25) is 0 Å². The summed E-state index contributed by atoms with van der Waals surface area (Å²) in [7, 11) is 1.58. The second kappa shape index (κ2) is 5.08. The molecule has 1 aromatic heterocycles. The average molecular weight is 255 g/mol. The van der Waals surface area contributed by atoms with Crippen LogP contribution in [0.4, 0.5) is 0 Å². The fourth-order valence-electron chi connectivity index (χ4n) is 1.88. The summed E-state index contributed by atoms with van der Waals surface area (Å²) in [6.07, 6.45) is -0.294. The van der Waals surface area contributed by atoms with Crippen LogP contribution in [-0.2, 0) is 4.74 Å². The van der Waals surface area contributed by atoms with E-state index in [1.807, 2.05) is 13.0 Å². The molecule has 1 heterocycles. The minimum atomic E-state index is -0.754. The Morgan fingerprint density at radius 3 is 2.82 bits per heavy atom. The molecule has 0 saturated carbocycles. The van der Waals surface area contributed by atoms with Crippen LogP contribution < -0.4 is 0 Å². The minimum absolute atomic E-state index is 0.258. The maximum Gasteiger partial charge on any atom is 0.138 e. The molecule has 0 fully saturated rings. The number of halogens is 1. The van der Waals surface area contributed by atoms with Gasteiger partial charge in [-0.2, -0.15) is 0 Å². The Labute approximate surface area is 105 Å². The van der Waals surface area contributed by atoms with Gasteiger partial charge < -0.3 is 14.3 Å². The Morgan fingerprint density at radius 1 is 1.41 bits per heavy atom. The highest BCUT2D eigenvalue weighted by Crippen LogP contribution is 2.29. The van der Waals surface area contributed by atoms with Crippen molar-refractivity contribution in [1.82, 2.24) is 0 Å². The predicted molar refractivity (Wildman–Crippen MR) is 67.3 cm³/mol. The molecule has 2 unspecified atom stereocenters. The molecule has 2 aromatic rings. The number of furan rings is 1. The average Bonchev–Trinajstić information content (AvgIpc) is 2.73. The number of fused-ring (bicyclic) bond motifs is 1. The Balaban J connectivity index is 2.35. The highest BCUT2D eigenvalue weighted by atomic mass is 35.5. The fraction of sp³-hybridized carbons (Fsp3) is 0.385. The lowest BCUT2D eigenvalue weighted by Crippen LogP contribution is -2.19. The maximum atomic E-state index is 10.1. The molecule has 0 aliphatic carbocycles. The first-order valence-electron chi connectivity index (χ1n) is 5.55. The molecule has 0 aliphatic heterocycles. The lowest BCUT2D eigenvalue weighted by atomic mass is 10.1. The molecule has 0 bridgehead atoms. The van der Waals surface area contributed by atoms with Gasteiger partial charge in [0.1, 0.15) is 17.4 Å². The third-order valence-corrected chi connectivity index (χ3v) is 3.08. The van der Waals surface area contributed by atoms with Crippen LogP contribution in [-0.4, -0.2) is 18.3 Å². The molecule has 0 saturated heterocycles. The van der Waals surface area contributed by atoms with Gasteiger partial charge in [0.2, 0.25) is 0 Å². The topological polar surface area (TPSA) is 42.6 Å². The van der Waals surface area contributed by atoms with Crippen molar-refractivity contribution >= 4 is 22.6 Å². The number of benzene rings is 1. The van der Waals surface area contributed by atoms with Gasteiger partial charge in [0.15, 0.2) is 0 Å². The summed E-state index contributed by atoms with van der Waals surface area (Å²) in [5.74, 6) is 0.510. The van der Waals surface area contributed by atoms with Crippen LogP contribution in [0.5, 0.6) is 0 Å². The quantitative estimate of drug-likeness (QED) is 0.907. The number of aliphatic hydroxyl groups is 1. The Kier molecular flexibility index (Phi) is 3.72. The van der Waals surface area contributed by atoms with Gasteiger partial charge in [0.05, 0.1) is 6.10 Å². The van der Waals surface area contributed by atoms with E-state index in [0.29, 0.717) is 10.8 Å². The summed E-state index contributed by atoms with van der Waals surface area (Å²) < 4.78 is 10.8. The van der Waals surface area contributed by atoms with Gasteiger partial charge in [-0.1, -0.05) is 18.5 Å². The fourth-order valence-corrected chi connectivity index (χ4v) is 2.06. The molecule has 3 nitrogen and oxygen atoms in total. The van der Waals surface area contributed by atoms with E-state index in [2.05, 4.69) is 0 Å². The number of methoxy groups -OCH3 is 1. The molecule has 0 amide bonds. The summed E-state index contributed by atoms with van der Waals surface area (Å²) in [4.78, 5) is 0. The van der Waals surface area contributed by atoms with E-state index >= 15 is 0 Å². The van der Waals surface area contributed by atoms with Gasteiger partial charge >= 0.3 is 0 Å². The standard InChI is InChI=1S/C13H15ClO3/c1-3-10(16-2)13(15)12-7-8-6-9(14)4-5-11(8)17-12/h4-7,10,13,15H,3H2,1-2H3. The Bertz CT molecular complexity index is 502. The van der Waals surface area contributed by atoms with E-state index in [1.54, 1.807) is 25.3 Å². The second-order valence-corrected chi connectivity index (χ2v) is 4.39. The highest BCUT2D eigenvalue weighted by Gasteiger charge is 2.22. The minimum Gasteiger partial charge on any atom is -0.458 e. The molecule has 4 heteroatoms. The van der Waals surface area contributed by atoms with E-state index in [-0.39, 0.29) is 6.10 Å².